The van der Waals surface area contributed by atoms with Crippen molar-refractivity contribution in [2.45, 2.75) is 26.3 Å². The molecule has 172 valence electrons. The number of hydrogen-bond acceptors (Lipinski definition) is 6. The smallest absolute Gasteiger partial charge is 0.337 e. The maximum absolute atomic E-state index is 13.5. The molecule has 33 heavy (non-hydrogen) atoms. The van der Waals surface area contributed by atoms with Gasteiger partial charge < -0.3 is 19.0 Å². The second-order valence-electron chi connectivity index (χ2n) is 8.07. The van der Waals surface area contributed by atoms with Crippen LogP contribution in [0.5, 0.6) is 0 Å². The Morgan fingerprint density at radius 2 is 1.76 bits per heavy atom. The van der Waals surface area contributed by atoms with E-state index in [-0.39, 0.29) is 17.1 Å². The van der Waals surface area contributed by atoms with Crippen molar-refractivity contribution in [3.05, 3.63) is 81.2 Å². The van der Waals surface area contributed by atoms with E-state index in [2.05, 4.69) is 18.7 Å². The molecular weight excluding hydrogens is 420 g/mol. The van der Waals surface area contributed by atoms with Gasteiger partial charge in [-0.25, -0.2) is 4.79 Å². The number of esters is 1. The van der Waals surface area contributed by atoms with Crippen molar-refractivity contribution >= 4 is 22.8 Å². The summed E-state index contributed by atoms with van der Waals surface area (Å²) in [5.74, 6) is -0.621. The van der Waals surface area contributed by atoms with Crippen LogP contribution in [0.15, 0.2) is 57.7 Å². The molecule has 7 nitrogen and oxygen atoms in total. The van der Waals surface area contributed by atoms with Crippen molar-refractivity contribution in [1.82, 2.24) is 9.80 Å². The van der Waals surface area contributed by atoms with E-state index in [9.17, 15) is 14.4 Å². The van der Waals surface area contributed by atoms with Crippen LogP contribution in [0.4, 0.5) is 0 Å². The summed E-state index contributed by atoms with van der Waals surface area (Å²) in [5, 5.41) is 0.449. The molecule has 1 atom stereocenters. The summed E-state index contributed by atoms with van der Waals surface area (Å²) in [7, 11) is 1.33. The van der Waals surface area contributed by atoms with Crippen LogP contribution in [0.1, 0.15) is 58.3 Å². The number of methoxy groups -OCH3 is 1. The van der Waals surface area contributed by atoms with Gasteiger partial charge in [0.2, 0.25) is 5.76 Å². The highest BCUT2D eigenvalue weighted by molar-refractivity contribution is 5.99. The Kier molecular flexibility index (Phi) is 6.60. The molecule has 0 saturated carbocycles. The number of nitrogens with zero attached hydrogens (tertiary/aromatic N) is 2. The van der Waals surface area contributed by atoms with Crippen molar-refractivity contribution in [2.24, 2.45) is 0 Å². The Morgan fingerprint density at radius 1 is 1.06 bits per heavy atom. The van der Waals surface area contributed by atoms with Crippen molar-refractivity contribution in [3.8, 4) is 0 Å². The minimum atomic E-state index is -0.572. The molecule has 1 aromatic heterocycles. The number of hydrogen-bond donors (Lipinski definition) is 0. The first-order valence-electron chi connectivity index (χ1n) is 11.3. The Bertz CT molecular complexity index is 1230. The molecule has 0 bridgehead atoms. The summed E-state index contributed by atoms with van der Waals surface area (Å²) in [6.45, 7) is 7.44. The molecule has 0 unspecified atom stereocenters. The summed E-state index contributed by atoms with van der Waals surface area (Å²) >= 11 is 0. The minimum Gasteiger partial charge on any atom is -0.465 e. The van der Waals surface area contributed by atoms with Crippen molar-refractivity contribution in [2.75, 3.05) is 33.3 Å². The van der Waals surface area contributed by atoms with Gasteiger partial charge in [-0.3, -0.25) is 9.59 Å². The van der Waals surface area contributed by atoms with Crippen LogP contribution >= 0.6 is 0 Å². The monoisotopic (exact) mass is 448 g/mol. The normalized spacial score (nSPS) is 15.3. The number of rotatable bonds is 8. The molecule has 0 fully saturated rings. The van der Waals surface area contributed by atoms with Crippen molar-refractivity contribution < 1.29 is 18.7 Å². The van der Waals surface area contributed by atoms with E-state index in [0.717, 1.165) is 31.6 Å². The molecule has 2 aromatic carbocycles. The largest absolute Gasteiger partial charge is 0.465 e. The molecule has 2 heterocycles. The highest BCUT2D eigenvalue weighted by atomic mass is 16.5. The fourth-order valence-corrected chi connectivity index (χ4v) is 4.47. The summed E-state index contributed by atoms with van der Waals surface area (Å²) in [6, 6.07) is 13.3. The molecule has 0 aliphatic carbocycles. The van der Waals surface area contributed by atoms with Gasteiger partial charge in [0, 0.05) is 6.54 Å². The second kappa shape index (κ2) is 9.58. The van der Waals surface area contributed by atoms with E-state index in [1.807, 2.05) is 0 Å². The topological polar surface area (TPSA) is 80.1 Å². The molecule has 1 amide bonds. The van der Waals surface area contributed by atoms with E-state index < -0.39 is 12.0 Å². The Labute approximate surface area is 192 Å². The standard InChI is InChI=1S/C26H28N2O5/c1-4-27(5-2)15-8-16-28-22(17-11-13-18(14-12-17)26(31)32-3)21-23(29)19-9-6-7-10-20(19)33-24(21)25(28)30/h6-7,9-14,22H,4-5,8,15-16H2,1-3H3/t22-/m1/s1. The summed E-state index contributed by atoms with van der Waals surface area (Å²) in [6.07, 6.45) is 0.770. The fraction of sp³-hybridized carbons (Fsp3) is 0.346. The van der Waals surface area contributed by atoms with Crippen molar-refractivity contribution in [3.63, 3.8) is 0 Å². The third-order valence-electron chi connectivity index (χ3n) is 6.29. The third kappa shape index (κ3) is 4.16. The van der Waals surface area contributed by atoms with Crippen LogP contribution in [0.25, 0.3) is 11.0 Å². The maximum Gasteiger partial charge on any atom is 0.337 e. The van der Waals surface area contributed by atoms with Crippen LogP contribution in [-0.2, 0) is 4.74 Å². The second-order valence-corrected chi connectivity index (χ2v) is 8.07. The van der Waals surface area contributed by atoms with E-state index in [0.29, 0.717) is 28.6 Å². The first-order chi connectivity index (χ1) is 16.0. The molecule has 3 aromatic rings. The zero-order valence-corrected chi connectivity index (χ0v) is 19.2. The van der Waals surface area contributed by atoms with Gasteiger partial charge in [-0.2, -0.15) is 0 Å². The minimum absolute atomic E-state index is 0.101. The zero-order chi connectivity index (χ0) is 23.5. The zero-order valence-electron chi connectivity index (χ0n) is 19.2. The van der Waals surface area contributed by atoms with Gasteiger partial charge in [0.1, 0.15) is 5.58 Å². The van der Waals surface area contributed by atoms with Gasteiger partial charge in [-0.15, -0.1) is 0 Å². The van der Waals surface area contributed by atoms with Gasteiger partial charge in [0.25, 0.3) is 5.91 Å². The first-order valence-corrected chi connectivity index (χ1v) is 11.3. The van der Waals surface area contributed by atoms with Crippen LogP contribution < -0.4 is 5.43 Å². The molecule has 0 saturated heterocycles. The predicted molar refractivity (Wildman–Crippen MR) is 126 cm³/mol. The van der Waals surface area contributed by atoms with Crippen LogP contribution in [0.3, 0.4) is 0 Å². The Morgan fingerprint density at radius 3 is 2.42 bits per heavy atom. The lowest BCUT2D eigenvalue weighted by molar-refractivity contribution is 0.0599. The SMILES string of the molecule is CCN(CC)CCCN1C(=O)c2oc3ccccc3c(=O)c2[C@H]1c1ccc(C(=O)OC)cc1. The lowest BCUT2D eigenvalue weighted by Gasteiger charge is -2.26. The lowest BCUT2D eigenvalue weighted by Crippen LogP contribution is -2.33. The van der Waals surface area contributed by atoms with E-state index >= 15 is 0 Å². The first kappa shape index (κ1) is 22.7. The predicted octanol–water partition coefficient (Wildman–Crippen LogP) is 3.86. The number of para-hydroxylation sites is 1. The summed E-state index contributed by atoms with van der Waals surface area (Å²) < 4.78 is 10.7. The summed E-state index contributed by atoms with van der Waals surface area (Å²) in [5.41, 5.74) is 1.71. The average molecular weight is 449 g/mol. The highest BCUT2D eigenvalue weighted by Crippen LogP contribution is 2.38. The third-order valence-corrected chi connectivity index (χ3v) is 6.29. The van der Waals surface area contributed by atoms with Crippen molar-refractivity contribution in [1.29, 1.82) is 0 Å². The Balaban J connectivity index is 1.77. The van der Waals surface area contributed by atoms with Gasteiger partial charge in [-0.1, -0.05) is 38.1 Å². The number of carbonyl (C=O) groups excluding carboxylic acids is 2. The maximum atomic E-state index is 13.5. The van der Waals surface area contributed by atoms with E-state index in [4.69, 9.17) is 9.15 Å². The van der Waals surface area contributed by atoms with Gasteiger partial charge in [0.05, 0.1) is 29.7 Å². The quantitative estimate of drug-likeness (QED) is 0.487. The molecule has 4 rings (SSSR count). The van der Waals surface area contributed by atoms with Crippen LogP contribution in [-0.4, -0.2) is 55.0 Å². The molecule has 0 radical (unpaired) electrons. The molecule has 7 heteroatoms. The number of benzene rings is 2. The fourth-order valence-electron chi connectivity index (χ4n) is 4.47. The molecular formula is C26H28N2O5. The molecule has 1 aliphatic heterocycles. The Hall–Kier alpha value is -3.45. The van der Waals surface area contributed by atoms with Crippen LogP contribution in [0.2, 0.25) is 0 Å². The molecule has 0 N–H and O–H groups in total. The van der Waals surface area contributed by atoms with E-state index in [1.54, 1.807) is 53.4 Å². The molecule has 0 spiro atoms. The number of amides is 1. The lowest BCUT2D eigenvalue weighted by atomic mass is 9.97. The van der Waals surface area contributed by atoms with Crippen LogP contribution in [0, 0.1) is 0 Å². The average Bonchev–Trinajstić information content (AvgIpc) is 3.13. The number of carbonyl (C=O) groups is 2. The van der Waals surface area contributed by atoms with Gasteiger partial charge in [0.15, 0.2) is 5.43 Å². The number of fused-ring (bicyclic) bond motifs is 2. The number of ether oxygens (including phenoxy) is 1. The van der Waals surface area contributed by atoms with Gasteiger partial charge in [-0.05, 0) is 55.9 Å². The molecule has 1 aliphatic rings. The van der Waals surface area contributed by atoms with Gasteiger partial charge >= 0.3 is 5.97 Å². The van der Waals surface area contributed by atoms with E-state index in [1.165, 1.54) is 7.11 Å². The highest BCUT2D eigenvalue weighted by Gasteiger charge is 2.42. The summed E-state index contributed by atoms with van der Waals surface area (Å²) in [4.78, 5) is 42.8.